The molecule has 0 radical (unpaired) electrons. The fourth-order valence-corrected chi connectivity index (χ4v) is 4.47. The number of hydrogen-bond acceptors (Lipinski definition) is 5. The Morgan fingerprint density at radius 3 is 2.03 bits per heavy atom. The third kappa shape index (κ3) is 5.46. The van der Waals surface area contributed by atoms with Crippen molar-refractivity contribution in [3.05, 3.63) is 82.9 Å². The van der Waals surface area contributed by atoms with Gasteiger partial charge in [0, 0.05) is 11.8 Å². The molecule has 174 valence electrons. The van der Waals surface area contributed by atoms with Crippen LogP contribution >= 0.6 is 0 Å². The molecule has 3 aromatic rings. The fraction of sp³-hybridized carbons (Fsp3) is 0.240. The highest BCUT2D eigenvalue weighted by molar-refractivity contribution is 7.92. The summed E-state index contributed by atoms with van der Waals surface area (Å²) in [6, 6.07) is 17.9. The number of carbonyl (C=O) groups is 1. The van der Waals surface area contributed by atoms with Crippen LogP contribution in [0.1, 0.15) is 27.0 Å². The van der Waals surface area contributed by atoms with Gasteiger partial charge in [-0.25, -0.2) is 8.42 Å². The van der Waals surface area contributed by atoms with Crippen LogP contribution in [0.25, 0.3) is 0 Å². The van der Waals surface area contributed by atoms with Crippen LogP contribution in [0.2, 0.25) is 0 Å². The van der Waals surface area contributed by atoms with E-state index < -0.39 is 15.9 Å². The first kappa shape index (κ1) is 24.1. The molecule has 0 aromatic heterocycles. The van der Waals surface area contributed by atoms with Gasteiger partial charge in [0.05, 0.1) is 38.3 Å². The number of nitrogens with zero attached hydrogens (tertiary/aromatic N) is 1. The second kappa shape index (κ2) is 9.95. The first-order chi connectivity index (χ1) is 15.7. The second-order valence-corrected chi connectivity index (χ2v) is 9.61. The summed E-state index contributed by atoms with van der Waals surface area (Å²) in [7, 11) is -0.829. The summed E-state index contributed by atoms with van der Waals surface area (Å²) in [5, 5.41) is 2.94. The number of anilines is 2. The minimum atomic E-state index is -3.75. The van der Waals surface area contributed by atoms with Gasteiger partial charge >= 0.3 is 0 Å². The van der Waals surface area contributed by atoms with Gasteiger partial charge in [-0.1, -0.05) is 48.5 Å². The number of carbonyl (C=O) groups excluding carboxylic acids is 1. The Morgan fingerprint density at radius 1 is 0.909 bits per heavy atom. The SMILES string of the molecule is COc1cc(C(=O)Nc2c(C)cccc2C)c(N(Cc2ccccc2)S(C)(=O)=O)cc1OC. The van der Waals surface area contributed by atoms with Gasteiger partial charge in [0.2, 0.25) is 10.0 Å². The zero-order valence-corrected chi connectivity index (χ0v) is 20.2. The summed E-state index contributed by atoms with van der Waals surface area (Å²) in [6.07, 6.45) is 1.11. The Kier molecular flexibility index (Phi) is 7.28. The van der Waals surface area contributed by atoms with Crippen LogP contribution in [-0.4, -0.2) is 34.8 Å². The van der Waals surface area contributed by atoms with Crippen molar-refractivity contribution in [1.29, 1.82) is 0 Å². The molecule has 33 heavy (non-hydrogen) atoms. The van der Waals surface area contributed by atoms with Gasteiger partial charge in [0.1, 0.15) is 0 Å². The summed E-state index contributed by atoms with van der Waals surface area (Å²) in [5.41, 5.74) is 3.60. The zero-order chi connectivity index (χ0) is 24.2. The standard InChI is InChI=1S/C25H28N2O5S/c1-17-10-9-11-18(2)24(17)26-25(28)20-14-22(31-3)23(32-4)15-21(20)27(33(5,29)30)16-19-12-7-6-8-13-19/h6-15H,16H2,1-5H3,(H,26,28). The highest BCUT2D eigenvalue weighted by Gasteiger charge is 2.27. The van der Waals surface area contributed by atoms with Gasteiger partial charge in [0.15, 0.2) is 11.5 Å². The number of ether oxygens (including phenoxy) is 2. The number of nitrogens with one attached hydrogen (secondary N) is 1. The molecule has 0 heterocycles. The average molecular weight is 469 g/mol. The van der Waals surface area contributed by atoms with Crippen molar-refractivity contribution in [3.8, 4) is 11.5 Å². The first-order valence-electron chi connectivity index (χ1n) is 10.3. The summed E-state index contributed by atoms with van der Waals surface area (Å²) in [4.78, 5) is 13.5. The number of sulfonamides is 1. The molecule has 0 saturated carbocycles. The molecule has 8 heteroatoms. The van der Waals surface area contributed by atoms with Crippen LogP contribution in [0.3, 0.4) is 0 Å². The van der Waals surface area contributed by atoms with Gasteiger partial charge in [-0.05, 0) is 36.6 Å². The lowest BCUT2D eigenvalue weighted by atomic mass is 10.1. The Labute approximate surface area is 195 Å². The minimum Gasteiger partial charge on any atom is -0.493 e. The van der Waals surface area contributed by atoms with Crippen LogP contribution in [0.4, 0.5) is 11.4 Å². The number of aryl methyl sites for hydroxylation is 2. The van der Waals surface area contributed by atoms with E-state index in [4.69, 9.17) is 9.47 Å². The zero-order valence-electron chi connectivity index (χ0n) is 19.4. The van der Waals surface area contributed by atoms with E-state index in [9.17, 15) is 13.2 Å². The van der Waals surface area contributed by atoms with Crippen LogP contribution < -0.4 is 19.1 Å². The number of para-hydroxylation sites is 1. The summed E-state index contributed by atoms with van der Waals surface area (Å²) in [5.74, 6) is 0.184. The lowest BCUT2D eigenvalue weighted by Gasteiger charge is -2.26. The van der Waals surface area contributed by atoms with Crippen LogP contribution in [0.5, 0.6) is 11.5 Å². The molecular formula is C25H28N2O5S. The molecular weight excluding hydrogens is 440 g/mol. The quantitative estimate of drug-likeness (QED) is 0.525. The highest BCUT2D eigenvalue weighted by atomic mass is 32.2. The van der Waals surface area contributed by atoms with Gasteiger partial charge in [-0.2, -0.15) is 0 Å². The van der Waals surface area contributed by atoms with Crippen molar-refractivity contribution in [2.45, 2.75) is 20.4 Å². The van der Waals surface area contributed by atoms with Crippen molar-refractivity contribution >= 4 is 27.3 Å². The maximum atomic E-state index is 13.5. The van der Waals surface area contributed by atoms with Crippen LogP contribution in [0.15, 0.2) is 60.7 Å². The third-order valence-corrected chi connectivity index (χ3v) is 6.43. The van der Waals surface area contributed by atoms with Crippen molar-refractivity contribution in [3.63, 3.8) is 0 Å². The maximum absolute atomic E-state index is 13.5. The number of hydrogen-bond donors (Lipinski definition) is 1. The third-order valence-electron chi connectivity index (χ3n) is 5.30. The maximum Gasteiger partial charge on any atom is 0.257 e. The Hall–Kier alpha value is -3.52. The lowest BCUT2D eigenvalue weighted by Crippen LogP contribution is -2.31. The lowest BCUT2D eigenvalue weighted by molar-refractivity contribution is 0.102. The van der Waals surface area contributed by atoms with E-state index in [0.717, 1.165) is 22.9 Å². The summed E-state index contributed by atoms with van der Waals surface area (Å²) in [6.45, 7) is 3.85. The van der Waals surface area contributed by atoms with Crippen LogP contribution in [-0.2, 0) is 16.6 Å². The van der Waals surface area contributed by atoms with Gasteiger partial charge in [0.25, 0.3) is 5.91 Å². The molecule has 0 aliphatic heterocycles. The molecule has 0 unspecified atom stereocenters. The Balaban J connectivity index is 2.17. The van der Waals surface area contributed by atoms with Crippen LogP contribution in [0, 0.1) is 13.8 Å². The number of benzene rings is 3. The molecule has 3 rings (SSSR count). The normalized spacial score (nSPS) is 11.1. The van der Waals surface area contributed by atoms with E-state index in [0.29, 0.717) is 17.2 Å². The summed E-state index contributed by atoms with van der Waals surface area (Å²) < 4.78 is 37.7. The van der Waals surface area contributed by atoms with Gasteiger partial charge in [-0.15, -0.1) is 0 Å². The van der Waals surface area contributed by atoms with E-state index in [2.05, 4.69) is 5.32 Å². The summed E-state index contributed by atoms with van der Waals surface area (Å²) >= 11 is 0. The van der Waals surface area contributed by atoms with Crippen molar-refractivity contribution in [2.75, 3.05) is 30.1 Å². The highest BCUT2D eigenvalue weighted by Crippen LogP contribution is 2.37. The predicted octanol–water partition coefficient (Wildman–Crippen LogP) is 4.54. The molecule has 7 nitrogen and oxygen atoms in total. The number of rotatable bonds is 8. The fourth-order valence-electron chi connectivity index (χ4n) is 3.58. The molecule has 1 N–H and O–H groups in total. The van der Waals surface area contributed by atoms with Crippen molar-refractivity contribution in [1.82, 2.24) is 0 Å². The van der Waals surface area contributed by atoms with E-state index in [1.54, 1.807) is 0 Å². The monoisotopic (exact) mass is 468 g/mol. The number of amides is 1. The van der Waals surface area contributed by atoms with Gasteiger partial charge < -0.3 is 14.8 Å². The average Bonchev–Trinajstić information content (AvgIpc) is 2.79. The largest absolute Gasteiger partial charge is 0.493 e. The molecule has 3 aromatic carbocycles. The molecule has 1 amide bonds. The van der Waals surface area contributed by atoms with E-state index >= 15 is 0 Å². The molecule has 0 aliphatic carbocycles. The van der Waals surface area contributed by atoms with E-state index in [1.807, 2.05) is 62.4 Å². The van der Waals surface area contributed by atoms with Crippen molar-refractivity contribution in [2.24, 2.45) is 0 Å². The molecule has 0 spiro atoms. The Bertz CT molecular complexity index is 1240. The predicted molar refractivity (Wildman–Crippen MR) is 131 cm³/mol. The van der Waals surface area contributed by atoms with Gasteiger partial charge in [-0.3, -0.25) is 9.10 Å². The first-order valence-corrected chi connectivity index (χ1v) is 12.2. The second-order valence-electron chi connectivity index (χ2n) is 7.70. The minimum absolute atomic E-state index is 0.0544. The molecule has 0 aliphatic rings. The number of methoxy groups -OCH3 is 2. The smallest absolute Gasteiger partial charge is 0.257 e. The van der Waals surface area contributed by atoms with Crippen molar-refractivity contribution < 1.29 is 22.7 Å². The molecule has 0 fully saturated rings. The molecule has 0 saturated heterocycles. The van der Waals surface area contributed by atoms with E-state index in [-0.39, 0.29) is 17.8 Å². The van der Waals surface area contributed by atoms with E-state index in [1.165, 1.54) is 30.7 Å². The molecule has 0 atom stereocenters. The molecule has 0 bridgehead atoms. The topological polar surface area (TPSA) is 84.9 Å². The Morgan fingerprint density at radius 2 is 1.48 bits per heavy atom.